The molecule has 0 fully saturated rings. The Balaban J connectivity index is 0.000000249. The molecule has 0 aliphatic rings. The Morgan fingerprint density at radius 3 is 0.548 bits per heavy atom. The van der Waals surface area contributed by atoms with Crippen LogP contribution in [0.4, 0.5) is 40.3 Å². The van der Waals surface area contributed by atoms with Crippen molar-refractivity contribution in [2.75, 3.05) is 28.4 Å². The topological polar surface area (TPSA) is 259 Å². The average Bonchev–Trinajstić information content (AvgIpc) is 0.827. The monoisotopic (exact) mass is 1500 g/mol. The molecular formula is C76H84F4N8O12S4. The van der Waals surface area contributed by atoms with E-state index in [0.29, 0.717) is 64.0 Å². The summed E-state index contributed by atoms with van der Waals surface area (Å²) < 4.78 is 141. The van der Waals surface area contributed by atoms with Crippen LogP contribution in [0.1, 0.15) is 105 Å². The van der Waals surface area contributed by atoms with Crippen molar-refractivity contribution in [2.45, 2.75) is 102 Å². The average molecular weight is 1510 g/mol. The van der Waals surface area contributed by atoms with Gasteiger partial charge in [-0.25, -0.2) is 34.4 Å². The van der Waals surface area contributed by atoms with E-state index in [9.17, 15) is 55.2 Å². The molecule has 8 rings (SSSR count). The van der Waals surface area contributed by atoms with E-state index < -0.39 is 86.2 Å². The fraction of sp³-hybridized carbons (Fsp3) is 0.263. The highest BCUT2D eigenvalue weighted by atomic mass is 32.2. The Morgan fingerprint density at radius 1 is 0.279 bits per heavy atom. The second-order valence-electron chi connectivity index (χ2n) is 25.8. The summed E-state index contributed by atoms with van der Waals surface area (Å²) in [4.78, 5) is 0. The molecule has 0 aliphatic carbocycles. The van der Waals surface area contributed by atoms with Crippen LogP contribution in [0.3, 0.4) is 0 Å². The third kappa shape index (κ3) is 25.1. The maximum absolute atomic E-state index is 13.3. The van der Waals surface area contributed by atoms with Gasteiger partial charge in [-0.3, -0.25) is 0 Å². The molecule has 8 aromatic carbocycles. The Morgan fingerprint density at radius 2 is 0.423 bits per heavy atom. The number of methoxy groups -OCH3 is 4. The molecule has 104 heavy (non-hydrogen) atoms. The normalized spacial score (nSPS) is 14.6. The van der Waals surface area contributed by atoms with Crippen LogP contribution in [-0.4, -0.2) is 130 Å². The first-order chi connectivity index (χ1) is 48.9. The molecule has 0 heterocycles. The van der Waals surface area contributed by atoms with E-state index in [4.69, 9.17) is 18.9 Å². The first-order valence-corrected chi connectivity index (χ1v) is 36.2. The minimum absolute atomic E-state index is 0.0521. The highest BCUT2D eigenvalue weighted by Gasteiger charge is 2.33. The van der Waals surface area contributed by atoms with Gasteiger partial charge < -0.3 is 39.8 Å². The minimum Gasteiger partial charge on any atom is -0.618 e. The van der Waals surface area contributed by atoms with Gasteiger partial charge >= 0.3 is 0 Å². The summed E-state index contributed by atoms with van der Waals surface area (Å²) in [5.74, 6) is -2.04. The molecule has 0 saturated heterocycles. The van der Waals surface area contributed by atoms with Gasteiger partial charge in [-0.1, -0.05) is 72.8 Å². The van der Waals surface area contributed by atoms with Crippen LogP contribution in [0.15, 0.2) is 236 Å². The molecule has 552 valence electrons. The Kier molecular flexibility index (Phi) is 31.6. The second kappa shape index (κ2) is 38.9. The summed E-state index contributed by atoms with van der Waals surface area (Å²) in [6.45, 7) is 21.2. The van der Waals surface area contributed by atoms with Crippen molar-refractivity contribution in [1.29, 1.82) is 0 Å². The van der Waals surface area contributed by atoms with Crippen LogP contribution in [0.5, 0.6) is 0 Å². The van der Waals surface area contributed by atoms with E-state index in [1.807, 2.05) is 0 Å². The van der Waals surface area contributed by atoms with E-state index in [2.05, 4.69) is 17.6 Å². The molecule has 0 bridgehead atoms. The molecule has 0 spiro atoms. The lowest BCUT2D eigenvalue weighted by molar-refractivity contribution is -0.358. The summed E-state index contributed by atoms with van der Waals surface area (Å²) in [5, 5.41) is 52.0. The van der Waals surface area contributed by atoms with Crippen LogP contribution in [0, 0.1) is 44.1 Å². The summed E-state index contributed by atoms with van der Waals surface area (Å²) in [6, 6.07) is 55.5. The Bertz CT molecular complexity index is 3950. The number of rotatable bonds is 16. The summed E-state index contributed by atoms with van der Waals surface area (Å²) in [5.41, 5.74) is 3.19. The third-order valence-corrected chi connectivity index (χ3v) is 19.1. The number of hydrogen-bond donors (Lipinski definition) is 0. The van der Waals surface area contributed by atoms with Crippen molar-refractivity contribution in [3.8, 4) is 0 Å². The number of para-hydroxylation sites is 4. The fourth-order valence-corrected chi connectivity index (χ4v) is 10.4. The van der Waals surface area contributed by atoms with Crippen molar-refractivity contribution < 1.29 is 72.3 Å². The van der Waals surface area contributed by atoms with Crippen molar-refractivity contribution in [3.05, 3.63) is 285 Å². The lowest BCUT2D eigenvalue weighted by Crippen LogP contribution is -2.28. The Hall–Kier alpha value is -10.2. The standard InChI is InChI=1S/4C19H21FN2O3S/c4*1-19(2,3)26(24)21-18(25-4)17(14-10-12-15(20)13-11-14)22(23)16-8-6-5-7-9-16/h4*5-13H,1-4H3/b4*21-18+,22-17+/t4*26-/m1111/s1. The van der Waals surface area contributed by atoms with Crippen molar-refractivity contribution in [2.24, 2.45) is 17.6 Å². The molecule has 0 aliphatic heterocycles. The molecule has 0 N–H and O–H groups in total. The van der Waals surface area contributed by atoms with E-state index in [1.54, 1.807) is 204 Å². The van der Waals surface area contributed by atoms with E-state index >= 15 is 0 Å². The lowest BCUT2D eigenvalue weighted by atomic mass is 10.1. The van der Waals surface area contributed by atoms with Gasteiger partial charge in [0, 0.05) is 48.5 Å². The van der Waals surface area contributed by atoms with Gasteiger partial charge in [0.15, 0.2) is 0 Å². The number of nitrogens with zero attached hydrogens (tertiary/aromatic N) is 8. The van der Waals surface area contributed by atoms with Gasteiger partial charge in [-0.2, -0.15) is 19.0 Å². The smallest absolute Gasteiger partial charge is 0.298 e. The van der Waals surface area contributed by atoms with E-state index in [0.717, 1.165) is 0 Å². The molecule has 28 heteroatoms. The van der Waals surface area contributed by atoms with Gasteiger partial charge in [-0.05, 0) is 180 Å². The zero-order valence-corrected chi connectivity index (χ0v) is 63.7. The molecule has 0 unspecified atom stereocenters. The second-order valence-corrected chi connectivity index (χ2v) is 33.4. The van der Waals surface area contributed by atoms with Crippen LogP contribution in [0.25, 0.3) is 0 Å². The molecular weight excluding hydrogens is 1420 g/mol. The van der Waals surface area contributed by atoms with Gasteiger partial charge in [-0.15, -0.1) is 17.6 Å². The van der Waals surface area contributed by atoms with Crippen LogP contribution in [0.2, 0.25) is 0 Å². The highest BCUT2D eigenvalue weighted by molar-refractivity contribution is 7.86. The largest absolute Gasteiger partial charge is 0.618 e. The zero-order valence-electron chi connectivity index (χ0n) is 60.4. The predicted molar refractivity (Wildman–Crippen MR) is 410 cm³/mol. The molecule has 20 nitrogen and oxygen atoms in total. The maximum Gasteiger partial charge on any atom is 0.298 e. The van der Waals surface area contributed by atoms with E-state index in [1.165, 1.54) is 126 Å². The van der Waals surface area contributed by atoms with Gasteiger partial charge in [0.05, 0.1) is 69.7 Å². The number of ether oxygens (including phenoxy) is 4. The van der Waals surface area contributed by atoms with Crippen LogP contribution in [-0.2, 0) is 62.9 Å². The first kappa shape index (κ1) is 84.5. The minimum atomic E-state index is -1.64. The SMILES string of the molecule is COC(=N/[S@](=O)C(C)(C)C)/C(c1ccc(F)cc1)=[N+](/[O-])c1ccccc1.COC(=N/[S@](=O)C(C)(C)C)/C(c1ccc(F)cc1)=[N+](/[O-])c1ccccc1.COC(=N/[S@](=O)C(C)(C)C)/C(c1ccc(F)cc1)=[N+](/[O-])c1ccccc1.COC(=N/[S@](=O)C(C)(C)C)/C(c1ccc(F)cc1)=[N+](/[O-])c1ccccc1. The lowest BCUT2D eigenvalue weighted by Gasteiger charge is -2.16. The number of halogens is 4. The number of benzene rings is 8. The third-order valence-electron chi connectivity index (χ3n) is 13.6. The summed E-state index contributed by atoms with van der Waals surface area (Å²) >= 11 is 0. The maximum atomic E-state index is 13.3. The van der Waals surface area contributed by atoms with E-state index in [-0.39, 0.29) is 46.4 Å². The molecule has 0 saturated carbocycles. The number of hydrogen-bond acceptors (Lipinski definition) is 12. The molecule has 0 amide bonds. The van der Waals surface area contributed by atoms with Crippen molar-refractivity contribution >= 4 is 113 Å². The van der Waals surface area contributed by atoms with Crippen molar-refractivity contribution in [1.82, 2.24) is 0 Å². The zero-order chi connectivity index (χ0) is 77.3. The summed E-state index contributed by atoms with van der Waals surface area (Å²) in [7, 11) is -1.15. The molecule has 0 aromatic heterocycles. The predicted octanol–water partition coefficient (Wildman–Crippen LogP) is 15.9. The quantitative estimate of drug-likeness (QED) is 0.0218. The highest BCUT2D eigenvalue weighted by Crippen LogP contribution is 2.24. The van der Waals surface area contributed by atoms with Crippen LogP contribution >= 0.6 is 0 Å². The van der Waals surface area contributed by atoms with Crippen molar-refractivity contribution in [3.63, 3.8) is 0 Å². The van der Waals surface area contributed by atoms with Crippen LogP contribution < -0.4 is 0 Å². The van der Waals surface area contributed by atoms with Gasteiger partial charge in [0.1, 0.15) is 67.2 Å². The first-order valence-electron chi connectivity index (χ1n) is 31.8. The Labute approximate surface area is 614 Å². The molecule has 8 aromatic rings. The molecule has 0 radical (unpaired) electrons. The van der Waals surface area contributed by atoms with Gasteiger partial charge in [0.25, 0.3) is 46.4 Å². The molecule has 4 atom stereocenters. The van der Waals surface area contributed by atoms with Gasteiger partial charge in [0.2, 0.25) is 22.7 Å². The fourth-order valence-electron chi connectivity index (χ4n) is 8.07. The summed E-state index contributed by atoms with van der Waals surface area (Å²) in [6.07, 6.45) is 0.